The Morgan fingerprint density at radius 2 is 1.86 bits per heavy atom. The van der Waals surface area contributed by atoms with Gasteiger partial charge >= 0.3 is 18.3 Å². The molecule has 3 aliphatic rings. The van der Waals surface area contributed by atoms with E-state index >= 15 is 0 Å². The Morgan fingerprint density at radius 3 is 2.48 bits per heavy atom. The third-order valence-corrected chi connectivity index (χ3v) is 5.32. The highest BCUT2D eigenvalue weighted by Gasteiger charge is 2.63. The summed E-state index contributed by atoms with van der Waals surface area (Å²) in [6, 6.07) is 1.62. The third-order valence-electron chi connectivity index (χ3n) is 5.32. The largest absolute Gasteiger partial charge is 0.444 e. The fourth-order valence-electron chi connectivity index (χ4n) is 4.25. The summed E-state index contributed by atoms with van der Waals surface area (Å²) >= 11 is 0. The van der Waals surface area contributed by atoms with Gasteiger partial charge in [-0.1, -0.05) is 6.07 Å². The lowest BCUT2D eigenvalue weighted by Crippen LogP contribution is -2.55. The molecule has 3 saturated heterocycles. The molecular formula is C19H20F3N3O4. The molecule has 0 radical (unpaired) electrons. The normalized spacial score (nSPS) is 26.4. The number of hydrogen-bond donors (Lipinski definition) is 0. The van der Waals surface area contributed by atoms with Crippen LogP contribution in [-0.4, -0.2) is 58.1 Å². The van der Waals surface area contributed by atoms with Crippen LogP contribution in [0.2, 0.25) is 0 Å². The van der Waals surface area contributed by atoms with Crippen molar-refractivity contribution in [1.29, 1.82) is 0 Å². The number of carbonyl (C=O) groups is 3. The summed E-state index contributed by atoms with van der Waals surface area (Å²) in [5.74, 6) is -0.630. The summed E-state index contributed by atoms with van der Waals surface area (Å²) in [4.78, 5) is 42.0. The van der Waals surface area contributed by atoms with Gasteiger partial charge in [0.15, 0.2) is 0 Å². The van der Waals surface area contributed by atoms with Crippen molar-refractivity contribution in [3.05, 3.63) is 29.8 Å². The van der Waals surface area contributed by atoms with E-state index in [1.165, 1.54) is 15.9 Å². The van der Waals surface area contributed by atoms with Crippen LogP contribution in [0.5, 0.6) is 0 Å². The van der Waals surface area contributed by atoms with Gasteiger partial charge in [-0.3, -0.25) is 4.79 Å². The zero-order valence-corrected chi connectivity index (χ0v) is 16.1. The molecule has 0 saturated carbocycles. The van der Waals surface area contributed by atoms with E-state index in [0.29, 0.717) is 6.42 Å². The minimum Gasteiger partial charge on any atom is -0.444 e. The molecule has 156 valence electrons. The van der Waals surface area contributed by atoms with E-state index in [9.17, 15) is 27.6 Å². The van der Waals surface area contributed by atoms with Crippen LogP contribution in [-0.2, 0) is 15.7 Å². The molecule has 3 atom stereocenters. The van der Waals surface area contributed by atoms with Gasteiger partial charge in [-0.15, -0.1) is 0 Å². The lowest BCUT2D eigenvalue weighted by Gasteiger charge is -2.35. The van der Waals surface area contributed by atoms with Gasteiger partial charge in [0, 0.05) is 6.54 Å². The van der Waals surface area contributed by atoms with Crippen LogP contribution in [0.15, 0.2) is 24.3 Å². The van der Waals surface area contributed by atoms with Crippen LogP contribution >= 0.6 is 0 Å². The minimum atomic E-state index is -4.59. The predicted octanol–water partition coefficient (Wildman–Crippen LogP) is 3.23. The first-order chi connectivity index (χ1) is 13.4. The number of amides is 4. The molecule has 4 rings (SSSR count). The highest BCUT2D eigenvalue weighted by molar-refractivity contribution is 6.22. The van der Waals surface area contributed by atoms with E-state index in [4.69, 9.17) is 4.74 Å². The van der Waals surface area contributed by atoms with Gasteiger partial charge in [0.25, 0.3) is 5.91 Å². The predicted molar refractivity (Wildman–Crippen MR) is 95.1 cm³/mol. The summed E-state index contributed by atoms with van der Waals surface area (Å²) < 4.78 is 44.5. The van der Waals surface area contributed by atoms with E-state index in [1.807, 2.05) is 0 Å². The summed E-state index contributed by atoms with van der Waals surface area (Å²) in [5.41, 5.74) is -1.79. The first-order valence-corrected chi connectivity index (χ1v) is 9.21. The average molecular weight is 411 g/mol. The highest BCUT2D eigenvalue weighted by atomic mass is 19.4. The molecule has 1 aromatic rings. The van der Waals surface area contributed by atoms with Crippen molar-refractivity contribution in [2.45, 2.75) is 57.1 Å². The topological polar surface area (TPSA) is 70.2 Å². The molecule has 10 heteroatoms. The van der Waals surface area contributed by atoms with Gasteiger partial charge in [-0.2, -0.15) is 13.2 Å². The van der Waals surface area contributed by atoms with Gasteiger partial charge in [-0.05, 0) is 45.4 Å². The molecule has 3 heterocycles. The Hall–Kier alpha value is -2.78. The monoisotopic (exact) mass is 411 g/mol. The lowest BCUT2D eigenvalue weighted by molar-refractivity contribution is -0.137. The number of fused-ring (bicyclic) bond motifs is 5. The number of halogens is 3. The number of piperazine rings is 1. The minimum absolute atomic E-state index is 0.132. The van der Waals surface area contributed by atoms with Gasteiger partial charge in [0.2, 0.25) is 0 Å². The van der Waals surface area contributed by atoms with Crippen molar-refractivity contribution >= 4 is 23.7 Å². The molecule has 0 N–H and O–H groups in total. The molecular weight excluding hydrogens is 391 g/mol. The number of ether oxygens (including phenoxy) is 1. The molecule has 3 aliphatic heterocycles. The fourth-order valence-corrected chi connectivity index (χ4v) is 4.25. The van der Waals surface area contributed by atoms with Gasteiger partial charge in [0.1, 0.15) is 11.6 Å². The van der Waals surface area contributed by atoms with Crippen LogP contribution < -0.4 is 4.90 Å². The van der Waals surface area contributed by atoms with E-state index in [-0.39, 0.29) is 18.3 Å². The standard InChI is InChI=1S/C19H20F3N3O4/c1-18(2,3)29-17(28)23-9-12-8-13(23)14-15(26)25(16(27)24(12)14)11-6-4-5-10(7-11)19(20,21)22/h4-7,12-14H,8-9H2,1-3H3/t12-,13?,14+/m1/s1. The SMILES string of the molecule is CC(C)(C)OC(=O)N1C[C@H]2CC1[C@H]1C(=O)N(c3cccc(C(F)(F)F)c3)C(=O)N21. The van der Waals surface area contributed by atoms with E-state index < -0.39 is 47.5 Å². The summed E-state index contributed by atoms with van der Waals surface area (Å²) in [7, 11) is 0. The van der Waals surface area contributed by atoms with Crippen molar-refractivity contribution < 1.29 is 32.3 Å². The smallest absolute Gasteiger partial charge is 0.416 e. The number of urea groups is 1. The van der Waals surface area contributed by atoms with Crippen LogP contribution in [0.25, 0.3) is 0 Å². The fraction of sp³-hybridized carbons (Fsp3) is 0.526. The summed E-state index contributed by atoms with van der Waals surface area (Å²) in [5, 5.41) is 0. The van der Waals surface area contributed by atoms with Crippen LogP contribution in [0.4, 0.5) is 28.4 Å². The Labute approximate surface area is 165 Å². The van der Waals surface area contributed by atoms with Crippen molar-refractivity contribution in [3.63, 3.8) is 0 Å². The number of hydrogen-bond acceptors (Lipinski definition) is 4. The first-order valence-electron chi connectivity index (χ1n) is 9.21. The molecule has 3 fully saturated rings. The third kappa shape index (κ3) is 3.10. The number of carbonyl (C=O) groups excluding carboxylic acids is 3. The zero-order valence-electron chi connectivity index (χ0n) is 16.1. The second-order valence-corrected chi connectivity index (χ2v) is 8.45. The Bertz CT molecular complexity index is 895. The number of alkyl halides is 3. The Balaban J connectivity index is 1.61. The number of rotatable bonds is 1. The van der Waals surface area contributed by atoms with E-state index in [2.05, 4.69) is 0 Å². The second-order valence-electron chi connectivity index (χ2n) is 8.45. The zero-order chi connectivity index (χ0) is 21.3. The number of benzene rings is 1. The summed E-state index contributed by atoms with van der Waals surface area (Å²) in [6.07, 6.45) is -4.72. The molecule has 7 nitrogen and oxygen atoms in total. The molecule has 29 heavy (non-hydrogen) atoms. The van der Waals surface area contributed by atoms with Crippen LogP contribution in [0.1, 0.15) is 32.8 Å². The number of likely N-dealkylation sites (tertiary alicyclic amines) is 1. The number of nitrogens with zero attached hydrogens (tertiary/aromatic N) is 3. The highest BCUT2D eigenvalue weighted by Crippen LogP contribution is 2.43. The Kier molecular flexibility index (Phi) is 4.11. The van der Waals surface area contributed by atoms with Gasteiger partial charge in [0.05, 0.1) is 23.3 Å². The van der Waals surface area contributed by atoms with E-state index in [0.717, 1.165) is 23.1 Å². The molecule has 0 aromatic heterocycles. The van der Waals surface area contributed by atoms with Crippen molar-refractivity contribution in [2.75, 3.05) is 11.4 Å². The maximum Gasteiger partial charge on any atom is 0.416 e. The second kappa shape index (κ2) is 6.11. The first kappa shape index (κ1) is 19.5. The van der Waals surface area contributed by atoms with Crippen molar-refractivity contribution in [3.8, 4) is 0 Å². The average Bonchev–Trinajstić information content (AvgIpc) is 3.24. The van der Waals surface area contributed by atoms with Crippen molar-refractivity contribution in [1.82, 2.24) is 9.80 Å². The molecule has 2 bridgehead atoms. The lowest BCUT2D eigenvalue weighted by atomic mass is 10.1. The van der Waals surface area contributed by atoms with E-state index in [1.54, 1.807) is 20.8 Å². The molecule has 0 aliphatic carbocycles. The molecule has 1 aromatic carbocycles. The number of anilines is 1. The molecule has 4 amide bonds. The van der Waals surface area contributed by atoms with Crippen LogP contribution in [0, 0.1) is 0 Å². The van der Waals surface area contributed by atoms with Crippen LogP contribution in [0.3, 0.4) is 0 Å². The molecule has 1 unspecified atom stereocenters. The molecule has 0 spiro atoms. The van der Waals surface area contributed by atoms with Gasteiger partial charge in [-0.25, -0.2) is 14.5 Å². The summed E-state index contributed by atoms with van der Waals surface area (Å²) in [6.45, 7) is 5.41. The van der Waals surface area contributed by atoms with Gasteiger partial charge < -0.3 is 14.5 Å². The maximum absolute atomic E-state index is 13.0. The Morgan fingerprint density at radius 1 is 1.17 bits per heavy atom. The quantitative estimate of drug-likeness (QED) is 0.666. The number of imide groups is 1. The maximum atomic E-state index is 13.0. The van der Waals surface area contributed by atoms with Crippen molar-refractivity contribution in [2.24, 2.45) is 0 Å².